The molecular weight excluding hydrogens is 357 g/mol. The average molecular weight is 381 g/mol. The molecule has 0 aliphatic heterocycles. The molecule has 0 heterocycles. The predicted molar refractivity (Wildman–Crippen MR) is 119 cm³/mol. The van der Waals surface area contributed by atoms with E-state index in [2.05, 4.69) is 109 Å². The van der Waals surface area contributed by atoms with Gasteiger partial charge >= 0.3 is 0 Å². The molecule has 0 fully saturated rings. The van der Waals surface area contributed by atoms with Crippen LogP contribution < -0.4 is 15.3 Å². The maximum Gasteiger partial charge on any atom is 0.211 e. The van der Waals surface area contributed by atoms with Crippen LogP contribution in [0.4, 0.5) is 17.1 Å². The van der Waals surface area contributed by atoms with Crippen molar-refractivity contribution in [1.82, 2.24) is 0 Å². The van der Waals surface area contributed by atoms with E-state index in [0.717, 1.165) is 17.1 Å². The number of hydrogen-bond acceptors (Lipinski definition) is 1. The van der Waals surface area contributed by atoms with E-state index in [1.54, 1.807) is 0 Å². The third-order valence-electron chi connectivity index (χ3n) is 4.01. The van der Waals surface area contributed by atoms with Crippen molar-refractivity contribution in [2.45, 2.75) is 20.8 Å². The molecule has 3 N–H and O–H groups in total. The number of aryl methyl sites for hydroxylation is 3. The van der Waals surface area contributed by atoms with Crippen molar-refractivity contribution in [2.24, 2.45) is 0 Å². The molecule has 0 aliphatic rings. The van der Waals surface area contributed by atoms with Crippen molar-refractivity contribution >= 4 is 35.4 Å². The van der Waals surface area contributed by atoms with Crippen molar-refractivity contribution < 1.29 is 0 Å². The lowest BCUT2D eigenvalue weighted by Crippen LogP contribution is -2.13. The van der Waals surface area contributed by atoms with Crippen LogP contribution in [0.5, 0.6) is 0 Å². The Morgan fingerprint density at radius 3 is 0.962 bits per heavy atom. The lowest BCUT2D eigenvalue weighted by atomic mass is 10.2. The van der Waals surface area contributed by atoms with Gasteiger partial charge in [-0.05, 0) is 69.0 Å². The molecule has 0 bridgehead atoms. The smallest absolute Gasteiger partial charge is 0.211 e. The average Bonchev–Trinajstić information content (AvgIpc) is 2.61. The Labute approximate surface area is 161 Å². The molecule has 26 heavy (non-hydrogen) atoms. The maximum atomic E-state index is 6.02. The summed E-state index contributed by atoms with van der Waals surface area (Å²) in [7, 11) is 0. The fourth-order valence-electron chi connectivity index (χ4n) is 2.51. The molecule has 0 aliphatic carbocycles. The zero-order chi connectivity index (χ0) is 18.6. The van der Waals surface area contributed by atoms with E-state index in [1.165, 1.54) is 16.7 Å². The monoisotopic (exact) mass is 381 g/mol. The van der Waals surface area contributed by atoms with Gasteiger partial charge in [-0.2, -0.15) is 0 Å². The SMILES string of the molecule is Cc1ccc(NP(=S)(Nc2ccc(C)cc2)Nc2ccc(C)cc2)cc1. The van der Waals surface area contributed by atoms with E-state index in [0.29, 0.717) is 0 Å². The zero-order valence-corrected chi connectivity index (χ0v) is 17.0. The Morgan fingerprint density at radius 1 is 0.500 bits per heavy atom. The topological polar surface area (TPSA) is 36.1 Å². The Bertz CT molecular complexity index is 781. The van der Waals surface area contributed by atoms with Crippen LogP contribution in [0.3, 0.4) is 0 Å². The Hall–Kier alpha value is -2.29. The molecule has 5 heteroatoms. The first-order chi connectivity index (χ1) is 12.4. The van der Waals surface area contributed by atoms with Crippen molar-refractivity contribution in [2.75, 3.05) is 15.3 Å². The minimum atomic E-state index is -2.35. The van der Waals surface area contributed by atoms with Gasteiger partial charge in [0.1, 0.15) is 0 Å². The Morgan fingerprint density at radius 2 is 0.731 bits per heavy atom. The van der Waals surface area contributed by atoms with Gasteiger partial charge in [0.15, 0.2) is 0 Å². The van der Waals surface area contributed by atoms with Gasteiger partial charge in [-0.3, -0.25) is 0 Å². The molecule has 0 saturated carbocycles. The van der Waals surface area contributed by atoms with Crippen molar-refractivity contribution in [3.8, 4) is 0 Å². The second kappa shape index (κ2) is 7.94. The summed E-state index contributed by atoms with van der Waals surface area (Å²) < 4.78 is 0. The van der Waals surface area contributed by atoms with Gasteiger partial charge in [-0.15, -0.1) is 0 Å². The van der Waals surface area contributed by atoms with Gasteiger partial charge in [0.2, 0.25) is 6.49 Å². The minimum absolute atomic E-state index is 0.998. The first kappa shape index (κ1) is 18.5. The summed E-state index contributed by atoms with van der Waals surface area (Å²) in [5.41, 5.74) is 6.67. The largest absolute Gasteiger partial charge is 0.326 e. The van der Waals surface area contributed by atoms with E-state index < -0.39 is 6.49 Å². The van der Waals surface area contributed by atoms with Crippen LogP contribution in [0.1, 0.15) is 16.7 Å². The molecule has 0 radical (unpaired) electrons. The molecule has 134 valence electrons. The summed E-state index contributed by atoms with van der Waals surface area (Å²) in [6.45, 7) is 3.89. The van der Waals surface area contributed by atoms with E-state index in [1.807, 2.05) is 0 Å². The fourth-order valence-corrected chi connectivity index (χ4v) is 5.17. The third-order valence-corrected chi connectivity index (χ3v) is 6.56. The highest BCUT2D eigenvalue weighted by Crippen LogP contribution is 2.45. The van der Waals surface area contributed by atoms with Crippen LogP contribution in [-0.2, 0) is 11.8 Å². The lowest BCUT2D eigenvalue weighted by molar-refractivity contribution is 1.46. The summed E-state index contributed by atoms with van der Waals surface area (Å²) in [5, 5.41) is 10.5. The van der Waals surface area contributed by atoms with Gasteiger partial charge in [-0.25, -0.2) is 0 Å². The van der Waals surface area contributed by atoms with Crippen LogP contribution >= 0.6 is 6.49 Å². The van der Waals surface area contributed by atoms with Crippen molar-refractivity contribution in [3.63, 3.8) is 0 Å². The van der Waals surface area contributed by atoms with Crippen LogP contribution in [0, 0.1) is 20.8 Å². The standard InChI is InChI=1S/C21H24N3PS/c1-16-4-10-19(11-5-16)22-25(26,23-20-12-6-17(2)7-13-20)24-21-14-8-18(3)9-15-21/h4-15H,1-3H3,(H3,22,23,24,26). The van der Waals surface area contributed by atoms with Gasteiger partial charge < -0.3 is 15.3 Å². The summed E-state index contributed by atoms with van der Waals surface area (Å²) in [6, 6.07) is 24.9. The third kappa shape index (κ3) is 5.10. The zero-order valence-electron chi connectivity index (χ0n) is 15.3. The van der Waals surface area contributed by atoms with Gasteiger partial charge in [0, 0.05) is 17.1 Å². The summed E-state index contributed by atoms with van der Waals surface area (Å²) in [5.74, 6) is 0. The van der Waals surface area contributed by atoms with Crippen LogP contribution in [0.2, 0.25) is 0 Å². The number of rotatable bonds is 6. The highest BCUT2D eigenvalue weighted by molar-refractivity contribution is 8.16. The quantitative estimate of drug-likeness (QED) is 0.428. The molecule has 0 amide bonds. The lowest BCUT2D eigenvalue weighted by Gasteiger charge is -2.28. The van der Waals surface area contributed by atoms with Crippen LogP contribution in [0.15, 0.2) is 72.8 Å². The molecule has 0 saturated heterocycles. The van der Waals surface area contributed by atoms with Crippen LogP contribution in [0.25, 0.3) is 0 Å². The van der Waals surface area contributed by atoms with E-state index in [9.17, 15) is 0 Å². The summed E-state index contributed by atoms with van der Waals surface area (Å²) in [6.07, 6.45) is 0. The summed E-state index contributed by atoms with van der Waals surface area (Å²) >= 11 is 6.02. The molecule has 0 atom stereocenters. The fraction of sp³-hybridized carbons (Fsp3) is 0.143. The molecule has 3 aromatic rings. The second-order valence-corrected chi connectivity index (χ2v) is 10.1. The van der Waals surface area contributed by atoms with E-state index >= 15 is 0 Å². The summed E-state index contributed by atoms with van der Waals surface area (Å²) in [4.78, 5) is 0. The number of nitrogens with one attached hydrogen (secondary N) is 3. The van der Waals surface area contributed by atoms with E-state index in [4.69, 9.17) is 11.8 Å². The molecule has 0 spiro atoms. The second-order valence-electron chi connectivity index (χ2n) is 6.54. The predicted octanol–water partition coefficient (Wildman–Crippen LogP) is 6.47. The first-order valence-corrected chi connectivity index (χ1v) is 11.4. The van der Waals surface area contributed by atoms with E-state index in [-0.39, 0.29) is 0 Å². The molecule has 0 unspecified atom stereocenters. The first-order valence-electron chi connectivity index (χ1n) is 8.57. The molecule has 3 nitrogen and oxygen atoms in total. The Kier molecular flexibility index (Phi) is 5.65. The normalized spacial score (nSPS) is 11.0. The van der Waals surface area contributed by atoms with Crippen molar-refractivity contribution in [1.29, 1.82) is 0 Å². The maximum absolute atomic E-state index is 6.02. The van der Waals surface area contributed by atoms with Gasteiger partial charge in [-0.1, -0.05) is 53.1 Å². The molecule has 3 rings (SSSR count). The molecule has 0 aromatic heterocycles. The Balaban J connectivity index is 1.88. The number of anilines is 3. The van der Waals surface area contributed by atoms with Crippen LogP contribution in [-0.4, -0.2) is 0 Å². The van der Waals surface area contributed by atoms with Crippen molar-refractivity contribution in [3.05, 3.63) is 89.5 Å². The number of benzene rings is 3. The minimum Gasteiger partial charge on any atom is -0.326 e. The molecular formula is C21H24N3PS. The van der Waals surface area contributed by atoms with Gasteiger partial charge in [0.05, 0.1) is 0 Å². The van der Waals surface area contributed by atoms with Gasteiger partial charge in [0.25, 0.3) is 0 Å². The highest BCUT2D eigenvalue weighted by Gasteiger charge is 2.17. The molecule has 3 aromatic carbocycles. The number of hydrogen-bond donors (Lipinski definition) is 3. The highest BCUT2D eigenvalue weighted by atomic mass is 32.4.